The summed E-state index contributed by atoms with van der Waals surface area (Å²) in [5.74, 6) is -4.77. The van der Waals surface area contributed by atoms with E-state index in [1.54, 1.807) is 38.1 Å². The van der Waals surface area contributed by atoms with Crippen LogP contribution in [0.15, 0.2) is 65.4 Å². The second kappa shape index (κ2) is 9.07. The first kappa shape index (κ1) is 22.5. The average Bonchev–Trinajstić information content (AvgIpc) is 3.13. The molecule has 2 heterocycles. The van der Waals surface area contributed by atoms with Gasteiger partial charge in [0.05, 0.1) is 5.56 Å². The maximum atomic E-state index is 13.4. The molecule has 1 aliphatic heterocycles. The Bertz CT molecular complexity index is 1270. The van der Waals surface area contributed by atoms with Gasteiger partial charge < -0.3 is 10.1 Å². The molecule has 0 aliphatic carbocycles. The average molecular weight is 507 g/mol. The van der Waals surface area contributed by atoms with E-state index in [1.807, 2.05) is 12.1 Å². The highest BCUT2D eigenvalue weighted by Gasteiger charge is 2.46. The number of benzene rings is 2. The number of hydrogen-bond acceptors (Lipinski definition) is 6. The van der Waals surface area contributed by atoms with E-state index >= 15 is 0 Å². The number of halogens is 1. The number of ether oxygens (including phenoxy) is 1. The third-order valence-corrected chi connectivity index (χ3v) is 5.97. The Kier molecular flexibility index (Phi) is 6.20. The summed E-state index contributed by atoms with van der Waals surface area (Å²) in [5, 5.41) is 2.64. The predicted molar refractivity (Wildman–Crippen MR) is 124 cm³/mol. The number of ketones is 2. The minimum absolute atomic E-state index is 0.188. The number of fused-ring (bicyclic) bond motifs is 1. The molecule has 0 fully saturated rings. The SMILES string of the molecule is Cc1cc(Br)cc(C)c1NC(=O)C(=O)[C@H](C(=O)c1ccncc1)[C@@H]1OC(=O)c2ccccc21. The van der Waals surface area contributed by atoms with E-state index in [0.717, 1.165) is 15.6 Å². The fourth-order valence-corrected chi connectivity index (χ4v) is 4.62. The molecule has 0 saturated heterocycles. The largest absolute Gasteiger partial charge is 0.453 e. The van der Waals surface area contributed by atoms with Crippen molar-refractivity contribution >= 4 is 45.1 Å². The van der Waals surface area contributed by atoms with Crippen molar-refractivity contribution in [2.24, 2.45) is 5.92 Å². The molecule has 1 aromatic heterocycles. The Morgan fingerprint density at radius 1 is 1.03 bits per heavy atom. The molecule has 3 aromatic rings. The van der Waals surface area contributed by atoms with Gasteiger partial charge in [-0.05, 0) is 55.3 Å². The van der Waals surface area contributed by atoms with Crippen LogP contribution in [0.25, 0.3) is 0 Å². The highest BCUT2D eigenvalue weighted by atomic mass is 79.9. The van der Waals surface area contributed by atoms with Crippen LogP contribution in [0.1, 0.15) is 43.5 Å². The van der Waals surface area contributed by atoms with Crippen LogP contribution in [-0.4, -0.2) is 28.4 Å². The number of rotatable bonds is 6. The number of hydrogen-bond donors (Lipinski definition) is 1. The monoisotopic (exact) mass is 506 g/mol. The van der Waals surface area contributed by atoms with E-state index in [9.17, 15) is 19.2 Å². The number of carbonyl (C=O) groups excluding carboxylic acids is 4. The lowest BCUT2D eigenvalue weighted by Gasteiger charge is -2.21. The summed E-state index contributed by atoms with van der Waals surface area (Å²) in [7, 11) is 0. The lowest BCUT2D eigenvalue weighted by molar-refractivity contribution is -0.138. The number of amides is 1. The van der Waals surface area contributed by atoms with Crippen LogP contribution >= 0.6 is 15.9 Å². The normalized spacial score (nSPS) is 15.4. The highest BCUT2D eigenvalue weighted by Crippen LogP contribution is 2.38. The zero-order chi connectivity index (χ0) is 23.7. The Hall–Kier alpha value is -3.65. The molecule has 1 N–H and O–H groups in total. The number of esters is 1. The van der Waals surface area contributed by atoms with E-state index < -0.39 is 35.5 Å². The molecule has 4 rings (SSSR count). The topological polar surface area (TPSA) is 102 Å². The van der Waals surface area contributed by atoms with E-state index in [1.165, 1.54) is 24.5 Å². The van der Waals surface area contributed by atoms with E-state index in [-0.39, 0.29) is 11.1 Å². The number of cyclic esters (lactones) is 1. The van der Waals surface area contributed by atoms with Crippen LogP contribution in [0, 0.1) is 19.8 Å². The Morgan fingerprint density at radius 3 is 2.33 bits per heavy atom. The fourth-order valence-electron chi connectivity index (χ4n) is 3.93. The molecule has 2 atom stereocenters. The highest BCUT2D eigenvalue weighted by molar-refractivity contribution is 9.10. The third kappa shape index (κ3) is 4.34. The zero-order valence-corrected chi connectivity index (χ0v) is 19.4. The molecular weight excluding hydrogens is 488 g/mol. The Labute approximate surface area is 198 Å². The minimum atomic E-state index is -1.55. The van der Waals surface area contributed by atoms with Gasteiger partial charge in [0.25, 0.3) is 5.91 Å². The predicted octanol–water partition coefficient (Wildman–Crippen LogP) is 4.38. The smallest absolute Gasteiger partial charge is 0.339 e. The summed E-state index contributed by atoms with van der Waals surface area (Å²) in [6.07, 6.45) is 1.62. The molecule has 8 heteroatoms. The molecule has 1 amide bonds. The van der Waals surface area contributed by atoms with Gasteiger partial charge in [-0.3, -0.25) is 19.4 Å². The fraction of sp³-hybridized carbons (Fsp3) is 0.160. The van der Waals surface area contributed by atoms with Gasteiger partial charge in [0.15, 0.2) is 5.78 Å². The summed E-state index contributed by atoms with van der Waals surface area (Å²) >= 11 is 3.40. The molecular formula is C25H19BrN2O5. The second-order valence-electron chi connectivity index (χ2n) is 7.72. The number of anilines is 1. The molecule has 0 saturated carbocycles. The maximum absolute atomic E-state index is 13.4. The summed E-state index contributed by atoms with van der Waals surface area (Å²) < 4.78 is 6.27. The summed E-state index contributed by atoms with van der Waals surface area (Å²) in [5.41, 5.74) is 2.83. The number of aryl methyl sites for hydroxylation is 2. The van der Waals surface area contributed by atoms with Gasteiger partial charge in [0.2, 0.25) is 5.78 Å². The van der Waals surface area contributed by atoms with Crippen molar-refractivity contribution in [3.05, 3.63) is 93.2 Å². The van der Waals surface area contributed by atoms with Gasteiger partial charge in [0, 0.05) is 33.7 Å². The van der Waals surface area contributed by atoms with Crippen LogP contribution in [0.3, 0.4) is 0 Å². The standard InChI is InChI=1S/C25H19BrN2O5/c1-13-11-16(26)12-14(2)20(13)28-24(31)22(30)19(21(29)15-7-9-27-10-8-15)23-17-5-3-4-6-18(17)25(32)33-23/h3-12,19,23H,1-2H3,(H,28,31)/t19-,23+/m0/s1. The van der Waals surface area contributed by atoms with Gasteiger partial charge in [0.1, 0.15) is 12.0 Å². The first-order valence-corrected chi connectivity index (χ1v) is 10.9. The second-order valence-corrected chi connectivity index (χ2v) is 8.64. The summed E-state index contributed by atoms with van der Waals surface area (Å²) in [4.78, 5) is 56.1. The molecule has 166 valence electrons. The van der Waals surface area contributed by atoms with Crippen LogP contribution in [0.2, 0.25) is 0 Å². The van der Waals surface area contributed by atoms with Crippen LogP contribution in [0.4, 0.5) is 5.69 Å². The summed E-state index contributed by atoms with van der Waals surface area (Å²) in [6, 6.07) is 13.0. The molecule has 0 unspecified atom stereocenters. The molecule has 0 spiro atoms. The van der Waals surface area contributed by atoms with Crippen LogP contribution < -0.4 is 5.32 Å². The summed E-state index contributed by atoms with van der Waals surface area (Å²) in [6.45, 7) is 3.60. The van der Waals surface area contributed by atoms with Crippen LogP contribution in [0.5, 0.6) is 0 Å². The van der Waals surface area contributed by atoms with Crippen molar-refractivity contribution in [1.29, 1.82) is 0 Å². The van der Waals surface area contributed by atoms with E-state index in [4.69, 9.17) is 4.74 Å². The van der Waals surface area contributed by atoms with Crippen molar-refractivity contribution in [1.82, 2.24) is 4.98 Å². The van der Waals surface area contributed by atoms with Crippen molar-refractivity contribution in [3.63, 3.8) is 0 Å². The first-order chi connectivity index (χ1) is 15.8. The first-order valence-electron chi connectivity index (χ1n) is 10.1. The number of pyridine rings is 1. The molecule has 2 aromatic carbocycles. The lowest BCUT2D eigenvalue weighted by Crippen LogP contribution is -2.38. The van der Waals surface area contributed by atoms with Gasteiger partial charge in [-0.2, -0.15) is 0 Å². The minimum Gasteiger partial charge on any atom is -0.453 e. The van der Waals surface area contributed by atoms with Gasteiger partial charge in [-0.25, -0.2) is 4.79 Å². The van der Waals surface area contributed by atoms with E-state index in [0.29, 0.717) is 11.3 Å². The number of nitrogens with one attached hydrogen (secondary N) is 1. The van der Waals surface area contributed by atoms with Crippen molar-refractivity contribution < 1.29 is 23.9 Å². The van der Waals surface area contributed by atoms with Crippen LogP contribution in [-0.2, 0) is 14.3 Å². The Balaban J connectivity index is 1.72. The number of carbonyl (C=O) groups is 4. The van der Waals surface area contributed by atoms with Crippen molar-refractivity contribution in [2.45, 2.75) is 20.0 Å². The third-order valence-electron chi connectivity index (χ3n) is 5.51. The van der Waals surface area contributed by atoms with Crippen molar-refractivity contribution in [2.75, 3.05) is 5.32 Å². The maximum Gasteiger partial charge on any atom is 0.339 e. The zero-order valence-electron chi connectivity index (χ0n) is 17.8. The molecule has 0 bridgehead atoms. The molecule has 0 radical (unpaired) electrons. The number of aromatic nitrogens is 1. The van der Waals surface area contributed by atoms with Gasteiger partial charge in [-0.15, -0.1) is 0 Å². The molecule has 7 nitrogen and oxygen atoms in total. The quantitative estimate of drug-likeness (QED) is 0.230. The van der Waals surface area contributed by atoms with Gasteiger partial charge in [-0.1, -0.05) is 34.1 Å². The lowest BCUT2D eigenvalue weighted by atomic mass is 9.84. The molecule has 33 heavy (non-hydrogen) atoms. The number of Topliss-reactive ketones (excluding diaryl/α,β-unsaturated/α-hetero) is 2. The van der Waals surface area contributed by atoms with Gasteiger partial charge >= 0.3 is 5.97 Å². The molecule has 1 aliphatic rings. The number of nitrogens with zero attached hydrogens (tertiary/aromatic N) is 1. The van der Waals surface area contributed by atoms with E-state index in [2.05, 4.69) is 26.2 Å². The van der Waals surface area contributed by atoms with Crippen molar-refractivity contribution in [3.8, 4) is 0 Å². The Morgan fingerprint density at radius 2 is 1.67 bits per heavy atom.